The zero-order chi connectivity index (χ0) is 20.7. The van der Waals surface area contributed by atoms with Gasteiger partial charge in [0.15, 0.2) is 0 Å². The first-order chi connectivity index (χ1) is 13.3. The second kappa shape index (κ2) is 10.2. The number of carbonyl (C=O) groups excluding carboxylic acids is 2. The van der Waals surface area contributed by atoms with Crippen LogP contribution in [0, 0.1) is 5.92 Å². The van der Waals surface area contributed by atoms with E-state index in [-0.39, 0.29) is 17.6 Å². The van der Waals surface area contributed by atoms with Crippen molar-refractivity contribution in [2.45, 2.75) is 26.3 Å². The lowest BCUT2D eigenvalue weighted by Gasteiger charge is -2.19. The predicted molar refractivity (Wildman–Crippen MR) is 114 cm³/mol. The number of rotatable bonds is 7. The number of hydrogen-bond donors (Lipinski definition) is 3. The number of nitrogens with one attached hydrogen (secondary N) is 2. The maximum Gasteiger partial charge on any atom is 0.262 e. The van der Waals surface area contributed by atoms with Crippen molar-refractivity contribution < 1.29 is 14.7 Å². The molecule has 0 aliphatic rings. The summed E-state index contributed by atoms with van der Waals surface area (Å²) in [6, 6.07) is 10.5. The van der Waals surface area contributed by atoms with E-state index in [1.165, 1.54) is 12.3 Å². The number of halogens is 2. The summed E-state index contributed by atoms with van der Waals surface area (Å²) in [6.45, 7) is 3.91. The molecule has 0 aromatic heterocycles. The normalized spacial score (nSPS) is 12.2. The van der Waals surface area contributed by atoms with Crippen LogP contribution in [0.1, 0.15) is 36.2 Å². The molecule has 0 heterocycles. The topological polar surface area (TPSA) is 90.8 Å². The number of benzene rings is 2. The van der Waals surface area contributed by atoms with Crippen LogP contribution in [-0.4, -0.2) is 29.2 Å². The molecule has 8 heteroatoms. The van der Waals surface area contributed by atoms with Gasteiger partial charge >= 0.3 is 0 Å². The molecular weight excluding hydrogens is 446 g/mol. The van der Waals surface area contributed by atoms with Gasteiger partial charge in [-0.25, -0.2) is 5.43 Å². The van der Waals surface area contributed by atoms with E-state index in [1.807, 2.05) is 13.8 Å². The minimum absolute atomic E-state index is 0.0379. The van der Waals surface area contributed by atoms with Gasteiger partial charge in [-0.3, -0.25) is 9.59 Å². The van der Waals surface area contributed by atoms with Gasteiger partial charge in [0.25, 0.3) is 11.8 Å². The van der Waals surface area contributed by atoms with E-state index in [1.54, 1.807) is 36.4 Å². The number of phenolic OH excluding ortho intramolecular Hbond substituents is 1. The lowest BCUT2D eigenvalue weighted by molar-refractivity contribution is -0.123. The molecular formula is C20H21BrClN3O3. The van der Waals surface area contributed by atoms with Gasteiger partial charge in [0.05, 0.1) is 6.21 Å². The second-order valence-electron chi connectivity index (χ2n) is 6.60. The molecule has 0 saturated carbocycles. The van der Waals surface area contributed by atoms with E-state index in [0.717, 1.165) is 4.47 Å². The average molecular weight is 467 g/mol. The average Bonchev–Trinajstić information content (AvgIpc) is 2.64. The summed E-state index contributed by atoms with van der Waals surface area (Å²) in [7, 11) is 0. The van der Waals surface area contributed by atoms with Crippen molar-refractivity contribution in [3.05, 3.63) is 63.1 Å². The number of carbonyl (C=O) groups is 2. The molecule has 0 radical (unpaired) electrons. The smallest absolute Gasteiger partial charge is 0.262 e. The van der Waals surface area contributed by atoms with Crippen LogP contribution in [0.2, 0.25) is 5.02 Å². The van der Waals surface area contributed by atoms with Crippen molar-refractivity contribution in [3.63, 3.8) is 0 Å². The summed E-state index contributed by atoms with van der Waals surface area (Å²) in [5.41, 5.74) is 3.27. The van der Waals surface area contributed by atoms with Crippen molar-refractivity contribution in [2.75, 3.05) is 0 Å². The number of hydrogen-bond acceptors (Lipinski definition) is 4. The molecule has 0 fully saturated rings. The van der Waals surface area contributed by atoms with Crippen LogP contribution in [0.15, 0.2) is 52.0 Å². The van der Waals surface area contributed by atoms with Crippen LogP contribution in [0.4, 0.5) is 0 Å². The lowest BCUT2D eigenvalue weighted by atomic mass is 10.0. The third kappa shape index (κ3) is 6.65. The molecule has 28 heavy (non-hydrogen) atoms. The predicted octanol–water partition coefficient (Wildman–Crippen LogP) is 4.10. The molecule has 6 nitrogen and oxygen atoms in total. The first kappa shape index (κ1) is 21.9. The maximum absolute atomic E-state index is 12.5. The van der Waals surface area contributed by atoms with Crippen LogP contribution in [-0.2, 0) is 4.79 Å². The molecule has 2 amide bonds. The second-order valence-corrected chi connectivity index (χ2v) is 7.95. The Labute approximate surface area is 177 Å². The first-order valence-electron chi connectivity index (χ1n) is 8.64. The third-order valence-electron chi connectivity index (χ3n) is 3.80. The number of phenols is 1. The zero-order valence-electron chi connectivity index (χ0n) is 15.4. The molecule has 0 saturated heterocycles. The van der Waals surface area contributed by atoms with Crippen molar-refractivity contribution in [3.8, 4) is 5.75 Å². The molecule has 148 valence electrons. The summed E-state index contributed by atoms with van der Waals surface area (Å²) in [4.78, 5) is 24.9. The highest BCUT2D eigenvalue weighted by atomic mass is 79.9. The quantitative estimate of drug-likeness (QED) is 0.424. The number of hydrazone groups is 1. The Bertz CT molecular complexity index is 869. The fourth-order valence-electron chi connectivity index (χ4n) is 2.42. The highest BCUT2D eigenvalue weighted by Crippen LogP contribution is 2.20. The monoisotopic (exact) mass is 465 g/mol. The Morgan fingerprint density at radius 2 is 1.89 bits per heavy atom. The van der Waals surface area contributed by atoms with E-state index in [9.17, 15) is 14.7 Å². The Morgan fingerprint density at radius 3 is 2.54 bits per heavy atom. The van der Waals surface area contributed by atoms with Gasteiger partial charge < -0.3 is 10.4 Å². The van der Waals surface area contributed by atoms with Crippen LogP contribution in [0.5, 0.6) is 5.75 Å². The summed E-state index contributed by atoms with van der Waals surface area (Å²) in [5, 5.41) is 16.9. The van der Waals surface area contributed by atoms with Gasteiger partial charge in [0.1, 0.15) is 11.8 Å². The number of nitrogens with zero attached hydrogens (tertiary/aromatic N) is 1. The SMILES string of the molecule is CC(C)CC(NC(=O)c1ccc(Cl)cc1)C(=O)N/N=C/c1cc(Br)ccc1O. The molecule has 0 aliphatic heterocycles. The molecule has 2 rings (SSSR count). The molecule has 0 aliphatic carbocycles. The minimum Gasteiger partial charge on any atom is -0.507 e. The maximum atomic E-state index is 12.5. The fraction of sp³-hybridized carbons (Fsp3) is 0.250. The van der Waals surface area contributed by atoms with Crippen molar-refractivity contribution in [2.24, 2.45) is 11.0 Å². The largest absolute Gasteiger partial charge is 0.507 e. The third-order valence-corrected chi connectivity index (χ3v) is 4.55. The van der Waals surface area contributed by atoms with Crippen LogP contribution in [0.3, 0.4) is 0 Å². The van der Waals surface area contributed by atoms with Crippen LogP contribution >= 0.6 is 27.5 Å². The fourth-order valence-corrected chi connectivity index (χ4v) is 2.92. The van der Waals surface area contributed by atoms with Crippen molar-refractivity contribution in [1.29, 1.82) is 0 Å². The van der Waals surface area contributed by atoms with Crippen molar-refractivity contribution >= 4 is 45.6 Å². The Balaban J connectivity index is 2.05. The first-order valence-corrected chi connectivity index (χ1v) is 9.81. The summed E-state index contributed by atoms with van der Waals surface area (Å²) in [5.74, 6) is -0.594. The van der Waals surface area contributed by atoms with E-state index >= 15 is 0 Å². The Hall–Kier alpha value is -2.38. The standard InChI is InChI=1S/C20H21BrClN3O3/c1-12(2)9-17(24-19(27)13-3-6-16(22)7-4-13)20(28)25-23-11-14-10-15(21)5-8-18(14)26/h3-8,10-12,17,26H,9H2,1-2H3,(H,24,27)(H,25,28)/b23-11+. The lowest BCUT2D eigenvalue weighted by Crippen LogP contribution is -2.46. The summed E-state index contributed by atoms with van der Waals surface area (Å²) >= 11 is 9.14. The van der Waals surface area contributed by atoms with E-state index in [4.69, 9.17) is 11.6 Å². The molecule has 3 N–H and O–H groups in total. The molecule has 1 atom stereocenters. The van der Waals surface area contributed by atoms with Gasteiger partial charge in [-0.15, -0.1) is 0 Å². The van der Waals surface area contributed by atoms with Gasteiger partial charge in [-0.2, -0.15) is 5.10 Å². The highest BCUT2D eigenvalue weighted by molar-refractivity contribution is 9.10. The van der Waals surface area contributed by atoms with Gasteiger partial charge in [-0.05, 0) is 54.8 Å². The molecule has 0 bridgehead atoms. The zero-order valence-corrected chi connectivity index (χ0v) is 17.8. The molecule has 0 spiro atoms. The van der Waals surface area contributed by atoms with Crippen LogP contribution in [0.25, 0.3) is 0 Å². The summed E-state index contributed by atoms with van der Waals surface area (Å²) in [6.07, 6.45) is 1.79. The van der Waals surface area contributed by atoms with E-state index < -0.39 is 11.9 Å². The van der Waals surface area contributed by atoms with Gasteiger partial charge in [-0.1, -0.05) is 41.4 Å². The van der Waals surface area contributed by atoms with E-state index in [0.29, 0.717) is 22.6 Å². The van der Waals surface area contributed by atoms with Gasteiger partial charge in [0.2, 0.25) is 0 Å². The number of amides is 2. The highest BCUT2D eigenvalue weighted by Gasteiger charge is 2.22. The van der Waals surface area contributed by atoms with Gasteiger partial charge in [0, 0.05) is 20.6 Å². The number of aromatic hydroxyl groups is 1. The Morgan fingerprint density at radius 1 is 1.21 bits per heavy atom. The molecule has 2 aromatic carbocycles. The molecule has 2 aromatic rings. The van der Waals surface area contributed by atoms with Crippen molar-refractivity contribution in [1.82, 2.24) is 10.7 Å². The minimum atomic E-state index is -0.753. The van der Waals surface area contributed by atoms with E-state index in [2.05, 4.69) is 31.8 Å². The Kier molecular flexibility index (Phi) is 8.02. The van der Waals surface area contributed by atoms with Crippen LogP contribution < -0.4 is 10.7 Å². The molecule has 1 unspecified atom stereocenters. The summed E-state index contributed by atoms with van der Waals surface area (Å²) < 4.78 is 0.769.